The van der Waals surface area contributed by atoms with E-state index in [1.165, 1.54) is 0 Å². The van der Waals surface area contributed by atoms with Gasteiger partial charge in [-0.3, -0.25) is 4.57 Å². The van der Waals surface area contributed by atoms with Crippen LogP contribution < -0.4 is 5.30 Å². The third-order valence-corrected chi connectivity index (χ3v) is 2.72. The maximum absolute atomic E-state index is 10.9. The fraction of sp³-hybridized carbons (Fsp3) is 0.333. The average Bonchev–Trinajstić information content (AvgIpc) is 2.05. The molecule has 0 aromatic heterocycles. The summed E-state index contributed by atoms with van der Waals surface area (Å²) < 4.78 is 10.9. The first-order chi connectivity index (χ1) is 5.75. The Morgan fingerprint density at radius 3 is 2.67 bits per heavy atom. The summed E-state index contributed by atoms with van der Waals surface area (Å²) in [5.74, 6) is 0. The highest BCUT2D eigenvalue weighted by atomic mass is 31.1. The van der Waals surface area contributed by atoms with Crippen LogP contribution in [0.5, 0.6) is 0 Å². The fourth-order valence-corrected chi connectivity index (χ4v) is 1.94. The molecule has 3 heteroatoms. The first kappa shape index (κ1) is 9.50. The minimum absolute atomic E-state index is 0.615. The first-order valence-electron chi connectivity index (χ1n) is 4.07. The lowest BCUT2D eigenvalue weighted by atomic mass is 10.1. The second-order valence-electron chi connectivity index (χ2n) is 2.71. The van der Waals surface area contributed by atoms with E-state index in [4.69, 9.17) is 4.89 Å². The average molecular weight is 184 g/mol. The molecule has 0 aliphatic heterocycles. The molecule has 66 valence electrons. The second kappa shape index (κ2) is 4.44. The lowest BCUT2D eigenvalue weighted by molar-refractivity contribution is 0.513. The highest BCUT2D eigenvalue weighted by molar-refractivity contribution is 7.47. The zero-order valence-corrected chi connectivity index (χ0v) is 8.08. The predicted octanol–water partition coefficient (Wildman–Crippen LogP) is 1.73. The predicted molar refractivity (Wildman–Crippen MR) is 51.3 cm³/mol. The highest BCUT2D eigenvalue weighted by Gasteiger charge is 2.03. The molecule has 12 heavy (non-hydrogen) atoms. The Kier molecular flexibility index (Phi) is 3.51. The molecule has 0 radical (unpaired) electrons. The number of hydrogen-bond acceptors (Lipinski definition) is 1. The van der Waals surface area contributed by atoms with Gasteiger partial charge in [0.05, 0.1) is 0 Å². The quantitative estimate of drug-likeness (QED) is 0.726. The molecule has 1 atom stereocenters. The SMILES string of the molecule is CCCc1ccccc1[PH](=O)O. The van der Waals surface area contributed by atoms with Crippen molar-refractivity contribution in [1.82, 2.24) is 0 Å². The van der Waals surface area contributed by atoms with Gasteiger partial charge in [-0.25, -0.2) is 0 Å². The summed E-state index contributed by atoms with van der Waals surface area (Å²) in [6.45, 7) is 2.06. The van der Waals surface area contributed by atoms with Crippen LogP contribution in [0.15, 0.2) is 24.3 Å². The maximum atomic E-state index is 10.9. The van der Waals surface area contributed by atoms with E-state index < -0.39 is 8.03 Å². The van der Waals surface area contributed by atoms with Crippen LogP contribution in [-0.2, 0) is 11.0 Å². The molecule has 0 aliphatic carbocycles. The van der Waals surface area contributed by atoms with Crippen molar-refractivity contribution in [2.75, 3.05) is 0 Å². The smallest absolute Gasteiger partial charge is 0.218 e. The van der Waals surface area contributed by atoms with E-state index in [0.717, 1.165) is 18.4 Å². The van der Waals surface area contributed by atoms with Gasteiger partial charge in [0, 0.05) is 5.30 Å². The number of rotatable bonds is 3. The van der Waals surface area contributed by atoms with Gasteiger partial charge in [0.25, 0.3) is 0 Å². The Morgan fingerprint density at radius 2 is 2.08 bits per heavy atom. The van der Waals surface area contributed by atoms with Crippen molar-refractivity contribution in [3.8, 4) is 0 Å². The van der Waals surface area contributed by atoms with E-state index in [1.807, 2.05) is 12.1 Å². The normalized spacial score (nSPS) is 12.8. The molecule has 1 rings (SSSR count). The summed E-state index contributed by atoms with van der Waals surface area (Å²) in [5.41, 5.74) is 1.01. The van der Waals surface area contributed by atoms with Crippen LogP contribution in [0.3, 0.4) is 0 Å². The van der Waals surface area contributed by atoms with Crippen LogP contribution in [0.1, 0.15) is 18.9 Å². The summed E-state index contributed by atoms with van der Waals surface area (Å²) in [6, 6.07) is 7.34. The molecule has 1 N–H and O–H groups in total. The summed E-state index contributed by atoms with van der Waals surface area (Å²) >= 11 is 0. The van der Waals surface area contributed by atoms with Gasteiger partial charge in [-0.15, -0.1) is 0 Å². The van der Waals surface area contributed by atoms with E-state index in [2.05, 4.69) is 6.92 Å². The molecule has 0 saturated carbocycles. The van der Waals surface area contributed by atoms with Crippen LogP contribution in [0.2, 0.25) is 0 Å². The van der Waals surface area contributed by atoms with Crippen LogP contribution in [0, 0.1) is 0 Å². The lowest BCUT2D eigenvalue weighted by Crippen LogP contribution is -2.04. The molecule has 2 nitrogen and oxygen atoms in total. The van der Waals surface area contributed by atoms with Crippen molar-refractivity contribution >= 4 is 13.3 Å². The van der Waals surface area contributed by atoms with Crippen LogP contribution in [-0.4, -0.2) is 4.89 Å². The summed E-state index contributed by atoms with van der Waals surface area (Å²) in [5, 5.41) is 0.615. The third-order valence-electron chi connectivity index (χ3n) is 1.77. The van der Waals surface area contributed by atoms with Gasteiger partial charge in [-0.05, 0) is 18.1 Å². The Balaban J connectivity index is 3.00. The Bertz CT molecular complexity index is 284. The van der Waals surface area contributed by atoms with E-state index in [-0.39, 0.29) is 0 Å². The van der Waals surface area contributed by atoms with Gasteiger partial charge >= 0.3 is 0 Å². The molecule has 0 bridgehead atoms. The topological polar surface area (TPSA) is 37.3 Å². The molecule has 0 amide bonds. The van der Waals surface area contributed by atoms with Gasteiger partial charge in [-0.1, -0.05) is 31.5 Å². The molecular formula is C9H13O2P. The van der Waals surface area contributed by atoms with Gasteiger partial charge in [-0.2, -0.15) is 0 Å². The molecule has 0 fully saturated rings. The molecule has 1 aromatic carbocycles. The van der Waals surface area contributed by atoms with Gasteiger partial charge in [0.1, 0.15) is 0 Å². The fourth-order valence-electron chi connectivity index (χ4n) is 1.22. The monoisotopic (exact) mass is 184 g/mol. The minimum Gasteiger partial charge on any atom is -0.343 e. The maximum Gasteiger partial charge on any atom is 0.218 e. The second-order valence-corrected chi connectivity index (χ2v) is 3.86. The molecule has 0 spiro atoms. The van der Waals surface area contributed by atoms with E-state index >= 15 is 0 Å². The van der Waals surface area contributed by atoms with E-state index in [9.17, 15) is 4.57 Å². The number of aryl methyl sites for hydroxylation is 1. The van der Waals surface area contributed by atoms with Crippen LogP contribution >= 0.6 is 8.03 Å². The van der Waals surface area contributed by atoms with Crippen LogP contribution in [0.4, 0.5) is 0 Å². The standard InChI is InChI=1S/C9H13O2P/c1-2-5-8-6-3-4-7-9(8)12(10)11/h3-4,6-7,12H,2,5H2,1H3,(H,10,11). The molecule has 1 aromatic rings. The van der Waals surface area contributed by atoms with Crippen molar-refractivity contribution in [1.29, 1.82) is 0 Å². The Hall–Kier alpha value is -0.590. The summed E-state index contributed by atoms with van der Waals surface area (Å²) in [7, 11) is -2.51. The summed E-state index contributed by atoms with van der Waals surface area (Å²) in [6.07, 6.45) is 1.89. The molecule has 0 heterocycles. The molecule has 1 unspecified atom stereocenters. The number of benzene rings is 1. The molecule has 0 saturated heterocycles. The Morgan fingerprint density at radius 1 is 1.42 bits per heavy atom. The Labute approximate surface area is 73.1 Å². The van der Waals surface area contributed by atoms with E-state index in [1.54, 1.807) is 12.1 Å². The largest absolute Gasteiger partial charge is 0.343 e. The van der Waals surface area contributed by atoms with Crippen molar-refractivity contribution < 1.29 is 9.46 Å². The zero-order valence-electron chi connectivity index (χ0n) is 7.08. The van der Waals surface area contributed by atoms with E-state index in [0.29, 0.717) is 5.30 Å². The minimum atomic E-state index is -2.51. The van der Waals surface area contributed by atoms with Crippen molar-refractivity contribution in [2.24, 2.45) is 0 Å². The van der Waals surface area contributed by atoms with Crippen molar-refractivity contribution in [3.05, 3.63) is 29.8 Å². The van der Waals surface area contributed by atoms with Crippen LogP contribution in [0.25, 0.3) is 0 Å². The van der Waals surface area contributed by atoms with Gasteiger partial charge < -0.3 is 4.89 Å². The van der Waals surface area contributed by atoms with Gasteiger partial charge in [0.2, 0.25) is 8.03 Å². The zero-order chi connectivity index (χ0) is 8.97. The van der Waals surface area contributed by atoms with Crippen molar-refractivity contribution in [2.45, 2.75) is 19.8 Å². The highest BCUT2D eigenvalue weighted by Crippen LogP contribution is 2.16. The summed E-state index contributed by atoms with van der Waals surface area (Å²) in [4.78, 5) is 8.98. The number of hydrogen-bond donors (Lipinski definition) is 1. The van der Waals surface area contributed by atoms with Gasteiger partial charge in [0.15, 0.2) is 0 Å². The lowest BCUT2D eigenvalue weighted by Gasteiger charge is -2.03. The molecule has 0 aliphatic rings. The third kappa shape index (κ3) is 2.20. The first-order valence-corrected chi connectivity index (χ1v) is 5.42. The molecular weight excluding hydrogens is 171 g/mol. The van der Waals surface area contributed by atoms with Crippen molar-refractivity contribution in [3.63, 3.8) is 0 Å².